The van der Waals surface area contributed by atoms with Crippen molar-refractivity contribution in [1.29, 1.82) is 0 Å². The topological polar surface area (TPSA) is 53.1 Å². The van der Waals surface area contributed by atoms with E-state index < -0.39 is 0 Å². The number of rotatable bonds is 3. The second-order valence-electron chi connectivity index (χ2n) is 4.28. The van der Waals surface area contributed by atoms with Gasteiger partial charge in [-0.15, -0.1) is 0 Å². The molecule has 0 bridgehead atoms. The maximum atomic E-state index is 6.05. The third-order valence-electron chi connectivity index (χ3n) is 3.19. The third-order valence-corrected chi connectivity index (χ3v) is 3.19. The molecule has 84 valence electrons. The summed E-state index contributed by atoms with van der Waals surface area (Å²) in [4.78, 5) is 4.31. The number of hydrogen-bond donors (Lipinski definition) is 1. The lowest BCUT2D eigenvalue weighted by Crippen LogP contribution is -2.38. The number of nitrogens with two attached hydrogens (primary N) is 1. The van der Waals surface area contributed by atoms with Crippen molar-refractivity contribution in [3.8, 4) is 0 Å². The zero-order valence-corrected chi connectivity index (χ0v) is 9.22. The highest BCUT2D eigenvalue weighted by atomic mass is 16.5. The molecule has 0 aliphatic carbocycles. The minimum absolute atomic E-state index is 0.305. The molecule has 0 spiro atoms. The van der Waals surface area contributed by atoms with E-state index in [2.05, 4.69) is 9.55 Å². The van der Waals surface area contributed by atoms with E-state index in [1.54, 1.807) is 0 Å². The summed E-state index contributed by atoms with van der Waals surface area (Å²) in [6.45, 7) is 1.63. The van der Waals surface area contributed by atoms with E-state index in [1.165, 1.54) is 0 Å². The lowest BCUT2D eigenvalue weighted by Gasteiger charge is -2.28. The zero-order chi connectivity index (χ0) is 10.7. The monoisotopic (exact) mass is 209 g/mol. The summed E-state index contributed by atoms with van der Waals surface area (Å²) in [6, 6.07) is 0.305. The predicted octanol–water partition coefficient (Wildman–Crippen LogP) is 0.716. The maximum Gasteiger partial charge on any atom is 0.108 e. The average Bonchev–Trinajstić information content (AvgIpc) is 2.63. The lowest BCUT2D eigenvalue weighted by atomic mass is 9.92. The van der Waals surface area contributed by atoms with Crippen molar-refractivity contribution in [2.45, 2.75) is 25.3 Å². The second kappa shape index (κ2) is 4.77. The van der Waals surface area contributed by atoms with Crippen molar-refractivity contribution < 1.29 is 4.74 Å². The molecule has 4 nitrogen and oxygen atoms in total. The van der Waals surface area contributed by atoms with Crippen LogP contribution in [0.15, 0.2) is 12.4 Å². The normalized spacial score (nSPS) is 26.8. The van der Waals surface area contributed by atoms with E-state index in [-0.39, 0.29) is 0 Å². The van der Waals surface area contributed by atoms with E-state index in [9.17, 15) is 0 Å². The van der Waals surface area contributed by atoms with Crippen molar-refractivity contribution in [3.05, 3.63) is 18.2 Å². The number of aromatic nitrogens is 2. The smallest absolute Gasteiger partial charge is 0.108 e. The van der Waals surface area contributed by atoms with Gasteiger partial charge in [-0.3, -0.25) is 0 Å². The molecule has 15 heavy (non-hydrogen) atoms. The number of hydrogen-bond acceptors (Lipinski definition) is 3. The first-order chi connectivity index (χ1) is 7.27. The van der Waals surface area contributed by atoms with Gasteiger partial charge in [0.15, 0.2) is 0 Å². The lowest BCUT2D eigenvalue weighted by molar-refractivity contribution is 0.0387. The van der Waals surface area contributed by atoms with Crippen molar-refractivity contribution in [2.24, 2.45) is 18.7 Å². The summed E-state index contributed by atoms with van der Waals surface area (Å²) in [5, 5.41) is 0. The molecule has 1 saturated heterocycles. The van der Waals surface area contributed by atoms with Gasteiger partial charge in [-0.2, -0.15) is 0 Å². The standard InChI is InChI=1S/C11H19N3O/c1-14-6-5-13-11(14)3-2-9-8-15-7-4-10(9)12/h5-6,9-10H,2-4,7-8,12H2,1H3. The molecule has 1 aliphatic rings. The first-order valence-electron chi connectivity index (χ1n) is 5.57. The molecule has 1 aromatic heterocycles. The molecular formula is C11H19N3O. The van der Waals surface area contributed by atoms with Gasteiger partial charge >= 0.3 is 0 Å². The SMILES string of the molecule is Cn1ccnc1CCC1COCCC1N. The quantitative estimate of drug-likeness (QED) is 0.798. The van der Waals surface area contributed by atoms with E-state index in [0.29, 0.717) is 12.0 Å². The molecular weight excluding hydrogens is 190 g/mol. The molecule has 2 atom stereocenters. The fraction of sp³-hybridized carbons (Fsp3) is 0.727. The molecule has 1 aliphatic heterocycles. The third kappa shape index (κ3) is 2.58. The predicted molar refractivity (Wildman–Crippen MR) is 58.4 cm³/mol. The van der Waals surface area contributed by atoms with E-state index in [1.807, 2.05) is 19.4 Å². The van der Waals surface area contributed by atoms with E-state index in [0.717, 1.165) is 38.3 Å². The summed E-state index contributed by atoms with van der Waals surface area (Å²) >= 11 is 0. The Bertz CT molecular complexity index is 311. The highest BCUT2D eigenvalue weighted by Crippen LogP contribution is 2.18. The summed E-state index contributed by atoms with van der Waals surface area (Å²) in [5.41, 5.74) is 6.05. The molecule has 0 saturated carbocycles. The van der Waals surface area contributed by atoms with Gasteiger partial charge in [0.1, 0.15) is 5.82 Å². The van der Waals surface area contributed by atoms with Gasteiger partial charge in [-0.05, 0) is 18.8 Å². The number of nitrogens with zero attached hydrogens (tertiary/aromatic N) is 2. The molecule has 2 unspecified atom stereocenters. The molecule has 4 heteroatoms. The average molecular weight is 209 g/mol. The maximum absolute atomic E-state index is 6.05. The Morgan fingerprint density at radius 2 is 2.53 bits per heavy atom. The minimum Gasteiger partial charge on any atom is -0.381 e. The number of imidazole rings is 1. The number of ether oxygens (including phenoxy) is 1. The van der Waals surface area contributed by atoms with Crippen LogP contribution >= 0.6 is 0 Å². The van der Waals surface area contributed by atoms with Crippen molar-refractivity contribution in [1.82, 2.24) is 9.55 Å². The Morgan fingerprint density at radius 1 is 1.67 bits per heavy atom. The molecule has 0 radical (unpaired) electrons. The Hall–Kier alpha value is -0.870. The van der Waals surface area contributed by atoms with Crippen molar-refractivity contribution in [2.75, 3.05) is 13.2 Å². The van der Waals surface area contributed by atoms with Crippen molar-refractivity contribution in [3.63, 3.8) is 0 Å². The summed E-state index contributed by atoms with van der Waals surface area (Å²) < 4.78 is 7.51. The number of aryl methyl sites for hydroxylation is 2. The van der Waals surface area contributed by atoms with Gasteiger partial charge in [0, 0.05) is 38.5 Å². The molecule has 2 heterocycles. The molecule has 0 aromatic carbocycles. The van der Waals surface area contributed by atoms with Gasteiger partial charge in [0.05, 0.1) is 6.61 Å². The Labute approximate surface area is 90.4 Å². The van der Waals surface area contributed by atoms with Crippen LogP contribution < -0.4 is 5.73 Å². The van der Waals surface area contributed by atoms with Crippen molar-refractivity contribution >= 4 is 0 Å². The fourth-order valence-corrected chi connectivity index (χ4v) is 2.06. The van der Waals surface area contributed by atoms with Gasteiger partial charge in [0.2, 0.25) is 0 Å². The highest BCUT2D eigenvalue weighted by Gasteiger charge is 2.22. The van der Waals surface area contributed by atoms with Crippen LogP contribution in [0, 0.1) is 5.92 Å². The van der Waals surface area contributed by atoms with Crippen LogP contribution in [0.5, 0.6) is 0 Å². The van der Waals surface area contributed by atoms with Crippen LogP contribution in [0.3, 0.4) is 0 Å². The van der Waals surface area contributed by atoms with Crippen LogP contribution in [0.1, 0.15) is 18.7 Å². The van der Waals surface area contributed by atoms with Crippen LogP contribution in [0.25, 0.3) is 0 Å². The largest absolute Gasteiger partial charge is 0.381 e. The Morgan fingerprint density at radius 3 is 3.20 bits per heavy atom. The second-order valence-corrected chi connectivity index (χ2v) is 4.28. The van der Waals surface area contributed by atoms with Crippen LogP contribution in [0.4, 0.5) is 0 Å². The zero-order valence-electron chi connectivity index (χ0n) is 9.22. The van der Waals surface area contributed by atoms with Crippen LogP contribution in [-0.2, 0) is 18.2 Å². The van der Waals surface area contributed by atoms with Gasteiger partial charge in [-0.25, -0.2) is 4.98 Å². The summed E-state index contributed by atoms with van der Waals surface area (Å²) in [5.74, 6) is 1.63. The molecule has 1 aromatic rings. The summed E-state index contributed by atoms with van der Waals surface area (Å²) in [6.07, 6.45) is 6.88. The molecule has 0 amide bonds. The van der Waals surface area contributed by atoms with E-state index in [4.69, 9.17) is 10.5 Å². The Kier molecular flexibility index (Phi) is 3.38. The minimum atomic E-state index is 0.305. The van der Waals surface area contributed by atoms with Crippen LogP contribution in [0.2, 0.25) is 0 Å². The molecule has 1 fully saturated rings. The fourth-order valence-electron chi connectivity index (χ4n) is 2.06. The van der Waals surface area contributed by atoms with E-state index >= 15 is 0 Å². The van der Waals surface area contributed by atoms with Gasteiger partial charge in [0.25, 0.3) is 0 Å². The van der Waals surface area contributed by atoms with Gasteiger partial charge in [-0.1, -0.05) is 0 Å². The summed E-state index contributed by atoms with van der Waals surface area (Å²) in [7, 11) is 2.03. The first-order valence-corrected chi connectivity index (χ1v) is 5.57. The molecule has 2 N–H and O–H groups in total. The van der Waals surface area contributed by atoms with Gasteiger partial charge < -0.3 is 15.0 Å². The Balaban J connectivity index is 1.84. The highest BCUT2D eigenvalue weighted by molar-refractivity contribution is 4.92. The first kappa shape index (κ1) is 10.6. The molecule has 2 rings (SSSR count). The van der Waals surface area contributed by atoms with Crippen LogP contribution in [-0.4, -0.2) is 28.8 Å².